The van der Waals surface area contributed by atoms with Crippen LogP contribution in [0.15, 0.2) is 0 Å². The molecule has 0 aromatic heterocycles. The second-order valence-electron chi connectivity index (χ2n) is 2.90. The van der Waals surface area contributed by atoms with E-state index in [-0.39, 0.29) is 0 Å². The normalized spacial score (nSPS) is 55.5. The van der Waals surface area contributed by atoms with Crippen molar-refractivity contribution < 1.29 is 29.9 Å². The first kappa shape index (κ1) is 9.82. The van der Waals surface area contributed by atoms with Gasteiger partial charge in [-0.1, -0.05) is 0 Å². The van der Waals surface area contributed by atoms with Gasteiger partial charge in [0.2, 0.25) is 0 Å². The van der Waals surface area contributed by atoms with E-state index in [1.54, 1.807) is 0 Å². The fraction of sp³-hybridized carbons (Fsp3) is 1.00. The van der Waals surface area contributed by atoms with E-state index in [4.69, 9.17) is 25.5 Å². The van der Waals surface area contributed by atoms with E-state index in [0.717, 1.165) is 0 Å². The molecule has 72 valence electrons. The monoisotopic (exact) mass is 182 g/mol. The minimum atomic E-state index is -2.14. The summed E-state index contributed by atoms with van der Waals surface area (Å²) in [5.41, 5.74) is 0. The number of hydrogen-bond donors (Lipinski definition) is 5. The highest BCUT2D eigenvalue weighted by molar-refractivity contribution is 4.98. The van der Waals surface area contributed by atoms with Crippen LogP contribution in [-0.4, -0.2) is 62.2 Å². The molecule has 1 aliphatic rings. The van der Waals surface area contributed by atoms with Crippen molar-refractivity contribution in [2.75, 3.05) is 0 Å². The van der Waals surface area contributed by atoms with Gasteiger partial charge in [-0.2, -0.15) is 0 Å². The van der Waals surface area contributed by atoms with Crippen LogP contribution in [0.2, 0.25) is 0 Å². The first-order valence-corrected chi connectivity index (χ1v) is 3.51. The summed E-state index contributed by atoms with van der Waals surface area (Å²) < 4.78 is 12.7. The van der Waals surface area contributed by atoms with Gasteiger partial charge in [0.1, 0.15) is 30.5 Å². The molecule has 6 heteroatoms. The third-order valence-electron chi connectivity index (χ3n) is 2.05. The van der Waals surface area contributed by atoms with Gasteiger partial charge in [-0.3, -0.25) is 0 Å². The molecule has 1 rings (SSSR count). The number of alkyl halides is 1. The Kier molecular flexibility index (Phi) is 2.64. The van der Waals surface area contributed by atoms with E-state index in [2.05, 4.69) is 0 Å². The van der Waals surface area contributed by atoms with E-state index in [1.807, 2.05) is 0 Å². The van der Waals surface area contributed by atoms with E-state index < -0.39 is 36.7 Å². The zero-order chi connectivity index (χ0) is 9.46. The smallest absolute Gasteiger partial charge is 0.157 e. The van der Waals surface area contributed by atoms with E-state index in [9.17, 15) is 4.39 Å². The lowest BCUT2D eigenvalue weighted by Gasteiger charge is -2.38. The van der Waals surface area contributed by atoms with Crippen LogP contribution in [0.1, 0.15) is 0 Å². The maximum absolute atomic E-state index is 12.7. The molecule has 1 saturated carbocycles. The zero-order valence-corrected chi connectivity index (χ0v) is 6.08. The predicted molar refractivity (Wildman–Crippen MR) is 34.9 cm³/mol. The Balaban J connectivity index is 2.76. The molecule has 0 radical (unpaired) electrons. The summed E-state index contributed by atoms with van der Waals surface area (Å²) in [6.07, 6.45) is -11.1. The molecular weight excluding hydrogens is 171 g/mol. The van der Waals surface area contributed by atoms with Gasteiger partial charge in [-0.15, -0.1) is 0 Å². The van der Waals surface area contributed by atoms with Crippen molar-refractivity contribution in [2.45, 2.75) is 36.7 Å². The highest BCUT2D eigenvalue weighted by Gasteiger charge is 2.48. The molecule has 0 aliphatic heterocycles. The first-order chi connectivity index (χ1) is 5.46. The van der Waals surface area contributed by atoms with Crippen molar-refractivity contribution in [3.63, 3.8) is 0 Å². The lowest BCUT2D eigenvalue weighted by Crippen LogP contribution is -2.62. The Labute approximate surface area is 67.7 Å². The Morgan fingerprint density at radius 3 is 1.17 bits per heavy atom. The van der Waals surface area contributed by atoms with Gasteiger partial charge in [-0.25, -0.2) is 4.39 Å². The van der Waals surface area contributed by atoms with Gasteiger partial charge in [0, 0.05) is 0 Å². The molecule has 1 fully saturated rings. The third-order valence-corrected chi connectivity index (χ3v) is 2.05. The number of aliphatic hydroxyl groups excluding tert-OH is 5. The number of rotatable bonds is 0. The topological polar surface area (TPSA) is 101 Å². The van der Waals surface area contributed by atoms with Crippen LogP contribution < -0.4 is 0 Å². The van der Waals surface area contributed by atoms with Gasteiger partial charge >= 0.3 is 0 Å². The Morgan fingerprint density at radius 2 is 0.833 bits per heavy atom. The predicted octanol–water partition coefficient (Wildman–Crippen LogP) is -2.86. The van der Waals surface area contributed by atoms with Crippen LogP contribution in [-0.2, 0) is 0 Å². The van der Waals surface area contributed by atoms with E-state index in [0.29, 0.717) is 0 Å². The summed E-state index contributed by atoms with van der Waals surface area (Å²) in [5.74, 6) is 0. The molecule has 0 saturated heterocycles. The van der Waals surface area contributed by atoms with Crippen molar-refractivity contribution in [1.29, 1.82) is 0 Å². The second kappa shape index (κ2) is 3.23. The lowest BCUT2D eigenvalue weighted by atomic mass is 9.86. The third kappa shape index (κ3) is 1.32. The molecule has 2 unspecified atom stereocenters. The highest BCUT2D eigenvalue weighted by Crippen LogP contribution is 2.23. The standard InChI is InChI=1S/C6H11FO5/c7-1-2(8)4(10)6(12)5(11)3(1)9/h1-6,8-12H/t1?,2-,3+,4-,5+,6?. The van der Waals surface area contributed by atoms with Crippen molar-refractivity contribution in [1.82, 2.24) is 0 Å². The average molecular weight is 182 g/mol. The molecule has 6 atom stereocenters. The number of hydrogen-bond acceptors (Lipinski definition) is 5. The summed E-state index contributed by atoms with van der Waals surface area (Å²) in [6.45, 7) is 0. The van der Waals surface area contributed by atoms with Crippen LogP contribution >= 0.6 is 0 Å². The fourth-order valence-corrected chi connectivity index (χ4v) is 1.18. The Hall–Kier alpha value is -0.270. The highest BCUT2D eigenvalue weighted by atomic mass is 19.1. The molecule has 0 aromatic rings. The molecule has 5 N–H and O–H groups in total. The minimum absolute atomic E-state index is 1.72. The zero-order valence-electron chi connectivity index (χ0n) is 6.08. The molecule has 12 heavy (non-hydrogen) atoms. The summed E-state index contributed by atoms with van der Waals surface area (Å²) in [7, 11) is 0. The molecule has 0 heterocycles. The van der Waals surface area contributed by atoms with Crippen LogP contribution in [0.5, 0.6) is 0 Å². The molecule has 5 nitrogen and oxygen atoms in total. The SMILES string of the molecule is OC1[C@@H](O)[C@@H](O)C(F)[C@@H](O)[C@H]1O. The molecular formula is C6H11FO5. The summed E-state index contributed by atoms with van der Waals surface area (Å²) in [6, 6.07) is 0. The minimum Gasteiger partial charge on any atom is -0.387 e. The maximum atomic E-state index is 12.7. The largest absolute Gasteiger partial charge is 0.387 e. The van der Waals surface area contributed by atoms with Crippen LogP contribution in [0.4, 0.5) is 4.39 Å². The lowest BCUT2D eigenvalue weighted by molar-refractivity contribution is -0.206. The van der Waals surface area contributed by atoms with Crippen molar-refractivity contribution in [3.05, 3.63) is 0 Å². The van der Waals surface area contributed by atoms with Crippen molar-refractivity contribution in [3.8, 4) is 0 Å². The quantitative estimate of drug-likeness (QED) is 0.277. The summed E-state index contributed by atoms with van der Waals surface area (Å²) in [5, 5.41) is 44.4. The molecule has 1 aliphatic carbocycles. The summed E-state index contributed by atoms with van der Waals surface area (Å²) >= 11 is 0. The molecule has 0 amide bonds. The molecule has 0 aromatic carbocycles. The van der Waals surface area contributed by atoms with E-state index >= 15 is 0 Å². The van der Waals surface area contributed by atoms with Crippen LogP contribution in [0.3, 0.4) is 0 Å². The Morgan fingerprint density at radius 1 is 0.583 bits per heavy atom. The van der Waals surface area contributed by atoms with Crippen molar-refractivity contribution in [2.24, 2.45) is 0 Å². The van der Waals surface area contributed by atoms with E-state index in [1.165, 1.54) is 0 Å². The van der Waals surface area contributed by atoms with Gasteiger partial charge in [0.25, 0.3) is 0 Å². The van der Waals surface area contributed by atoms with Gasteiger partial charge in [-0.05, 0) is 0 Å². The van der Waals surface area contributed by atoms with Crippen LogP contribution in [0.25, 0.3) is 0 Å². The van der Waals surface area contributed by atoms with Gasteiger partial charge in [0.15, 0.2) is 6.17 Å². The van der Waals surface area contributed by atoms with Crippen LogP contribution in [0, 0.1) is 0 Å². The number of aliphatic hydroxyl groups is 5. The number of halogens is 1. The Bertz CT molecular complexity index is 107. The first-order valence-electron chi connectivity index (χ1n) is 3.51. The summed E-state index contributed by atoms with van der Waals surface area (Å²) in [4.78, 5) is 0. The molecule has 0 bridgehead atoms. The van der Waals surface area contributed by atoms with Gasteiger partial charge in [0.05, 0.1) is 0 Å². The second-order valence-corrected chi connectivity index (χ2v) is 2.90. The molecule has 0 spiro atoms. The van der Waals surface area contributed by atoms with Crippen molar-refractivity contribution >= 4 is 0 Å². The maximum Gasteiger partial charge on any atom is 0.157 e. The van der Waals surface area contributed by atoms with Gasteiger partial charge < -0.3 is 25.5 Å². The fourth-order valence-electron chi connectivity index (χ4n) is 1.18. The average Bonchev–Trinajstić information content (AvgIpc) is 2.08.